The molecule has 0 bridgehead atoms. The number of hydrogen-bond acceptors (Lipinski definition) is 3. The minimum Gasteiger partial charge on any atom is -0.404 e. The minimum absolute atomic E-state index is 0.199. The molecule has 3 nitrogen and oxygen atoms in total. The van der Waals surface area contributed by atoms with E-state index in [9.17, 15) is 0 Å². The maximum absolute atomic E-state index is 5.83. The summed E-state index contributed by atoms with van der Waals surface area (Å²) in [5.41, 5.74) is 1.73. The second-order valence-electron chi connectivity index (χ2n) is 5.86. The average Bonchev–Trinajstić information content (AvgIpc) is 2.70. The SMILES string of the molecule is COC(C)(C)c1ccc(B2OCC(C)(C)O2)cc1. The first kappa shape index (κ1) is 13.6. The Morgan fingerprint density at radius 2 is 1.83 bits per heavy atom. The van der Waals surface area contributed by atoms with Crippen molar-refractivity contribution >= 4 is 12.6 Å². The molecule has 0 aliphatic carbocycles. The molecule has 1 fully saturated rings. The van der Waals surface area contributed by atoms with E-state index < -0.39 is 0 Å². The molecule has 0 aromatic heterocycles. The molecule has 0 N–H and O–H groups in total. The third-order valence-corrected chi connectivity index (χ3v) is 3.40. The van der Waals surface area contributed by atoms with E-state index in [4.69, 9.17) is 14.0 Å². The fraction of sp³-hybridized carbons (Fsp3) is 0.571. The molecule has 18 heavy (non-hydrogen) atoms. The van der Waals surface area contributed by atoms with Crippen molar-refractivity contribution in [1.29, 1.82) is 0 Å². The van der Waals surface area contributed by atoms with Gasteiger partial charge in [0.1, 0.15) is 0 Å². The third kappa shape index (κ3) is 2.77. The van der Waals surface area contributed by atoms with E-state index in [1.807, 2.05) is 39.8 Å². The molecule has 1 saturated heterocycles. The van der Waals surface area contributed by atoms with Gasteiger partial charge in [0.15, 0.2) is 0 Å². The van der Waals surface area contributed by atoms with Gasteiger partial charge < -0.3 is 14.0 Å². The van der Waals surface area contributed by atoms with Gasteiger partial charge in [-0.15, -0.1) is 0 Å². The molecule has 0 saturated carbocycles. The molecule has 1 aromatic carbocycles. The average molecular weight is 248 g/mol. The highest BCUT2D eigenvalue weighted by atomic mass is 16.7. The van der Waals surface area contributed by atoms with Gasteiger partial charge in [-0.3, -0.25) is 0 Å². The maximum Gasteiger partial charge on any atom is 0.494 e. The highest BCUT2D eigenvalue weighted by Crippen LogP contribution is 2.24. The topological polar surface area (TPSA) is 27.7 Å². The summed E-state index contributed by atoms with van der Waals surface area (Å²) < 4.78 is 16.9. The van der Waals surface area contributed by atoms with Crippen LogP contribution in [0.2, 0.25) is 0 Å². The van der Waals surface area contributed by atoms with E-state index in [1.165, 1.54) is 0 Å². The molecule has 0 spiro atoms. The zero-order valence-electron chi connectivity index (χ0n) is 11.8. The van der Waals surface area contributed by atoms with Gasteiger partial charge in [-0.05, 0) is 38.7 Å². The van der Waals surface area contributed by atoms with Gasteiger partial charge in [-0.25, -0.2) is 0 Å². The molecule has 2 rings (SSSR count). The van der Waals surface area contributed by atoms with Gasteiger partial charge in [0.05, 0.1) is 17.8 Å². The van der Waals surface area contributed by atoms with Gasteiger partial charge in [0, 0.05) is 7.11 Å². The van der Waals surface area contributed by atoms with Crippen LogP contribution in [0.15, 0.2) is 24.3 Å². The molecule has 1 aromatic rings. The van der Waals surface area contributed by atoms with E-state index in [0.29, 0.717) is 6.61 Å². The van der Waals surface area contributed by atoms with Crippen molar-refractivity contribution in [3.05, 3.63) is 29.8 Å². The van der Waals surface area contributed by atoms with Gasteiger partial charge in [0.2, 0.25) is 0 Å². The van der Waals surface area contributed by atoms with E-state index in [2.05, 4.69) is 12.1 Å². The van der Waals surface area contributed by atoms with Crippen molar-refractivity contribution in [2.24, 2.45) is 0 Å². The monoisotopic (exact) mass is 248 g/mol. The molecule has 0 radical (unpaired) electrons. The molecule has 1 aliphatic heterocycles. The lowest BCUT2D eigenvalue weighted by Crippen LogP contribution is -2.34. The van der Waals surface area contributed by atoms with Crippen molar-refractivity contribution in [3.63, 3.8) is 0 Å². The Bertz CT molecular complexity index is 412. The first-order valence-electron chi connectivity index (χ1n) is 6.29. The van der Waals surface area contributed by atoms with Crippen LogP contribution in [0.4, 0.5) is 0 Å². The summed E-state index contributed by atoms with van der Waals surface area (Å²) in [7, 11) is 1.47. The number of rotatable bonds is 3. The predicted octanol–water partition coefficient (Wildman–Crippen LogP) is 2.09. The van der Waals surface area contributed by atoms with Crippen molar-refractivity contribution < 1.29 is 14.0 Å². The molecule has 0 amide bonds. The second-order valence-corrected chi connectivity index (χ2v) is 5.86. The van der Waals surface area contributed by atoms with Gasteiger partial charge >= 0.3 is 7.12 Å². The number of methoxy groups -OCH3 is 1. The lowest BCUT2D eigenvalue weighted by atomic mass is 9.78. The molecule has 0 unspecified atom stereocenters. The molecule has 1 heterocycles. The molecule has 98 valence electrons. The first-order valence-corrected chi connectivity index (χ1v) is 6.29. The molecule has 4 heteroatoms. The van der Waals surface area contributed by atoms with Crippen LogP contribution >= 0.6 is 0 Å². The van der Waals surface area contributed by atoms with Crippen molar-refractivity contribution in [1.82, 2.24) is 0 Å². The lowest BCUT2D eigenvalue weighted by Gasteiger charge is -2.23. The van der Waals surface area contributed by atoms with Crippen LogP contribution in [0.3, 0.4) is 0 Å². The zero-order valence-corrected chi connectivity index (χ0v) is 11.8. The largest absolute Gasteiger partial charge is 0.494 e. The Balaban J connectivity index is 2.14. The Labute approximate surface area is 110 Å². The summed E-state index contributed by atoms with van der Waals surface area (Å²) in [6.07, 6.45) is 0. The van der Waals surface area contributed by atoms with Crippen LogP contribution in [0.5, 0.6) is 0 Å². The van der Waals surface area contributed by atoms with E-state index >= 15 is 0 Å². The van der Waals surface area contributed by atoms with E-state index in [1.54, 1.807) is 7.11 Å². The standard InChI is InChI=1S/C14H21BO3/c1-13(2)10-17-15(18-13)12-8-6-11(7-9-12)14(3,4)16-5/h6-9H,10H2,1-5H3. The fourth-order valence-electron chi connectivity index (χ4n) is 1.96. The summed E-state index contributed by atoms with van der Waals surface area (Å²) in [6, 6.07) is 8.22. The number of hydrogen-bond donors (Lipinski definition) is 0. The first-order chi connectivity index (χ1) is 8.34. The quantitative estimate of drug-likeness (QED) is 0.766. The van der Waals surface area contributed by atoms with E-state index in [0.717, 1.165) is 11.0 Å². The summed E-state index contributed by atoms with van der Waals surface area (Å²) in [4.78, 5) is 0. The van der Waals surface area contributed by atoms with Crippen LogP contribution in [-0.4, -0.2) is 26.4 Å². The van der Waals surface area contributed by atoms with Crippen LogP contribution in [0, 0.1) is 0 Å². The molecule has 1 aliphatic rings. The Hall–Kier alpha value is -0.835. The number of benzene rings is 1. The molecule has 0 atom stereocenters. The summed E-state index contributed by atoms with van der Waals surface area (Å²) >= 11 is 0. The van der Waals surface area contributed by atoms with Crippen molar-refractivity contribution in [3.8, 4) is 0 Å². The summed E-state index contributed by atoms with van der Waals surface area (Å²) in [5.74, 6) is 0. The normalized spacial score (nSPS) is 19.3. The van der Waals surface area contributed by atoms with Crippen molar-refractivity contribution in [2.45, 2.75) is 38.9 Å². The predicted molar refractivity (Wildman–Crippen MR) is 73.0 cm³/mol. The van der Waals surface area contributed by atoms with Crippen molar-refractivity contribution in [2.75, 3.05) is 13.7 Å². The molecular formula is C14H21BO3. The maximum atomic E-state index is 5.83. The summed E-state index contributed by atoms with van der Waals surface area (Å²) in [6.45, 7) is 8.80. The summed E-state index contributed by atoms with van der Waals surface area (Å²) in [5, 5.41) is 0. The smallest absolute Gasteiger partial charge is 0.404 e. The second kappa shape index (κ2) is 4.69. The Kier molecular flexibility index (Phi) is 3.54. The van der Waals surface area contributed by atoms with E-state index in [-0.39, 0.29) is 18.3 Å². The van der Waals surface area contributed by atoms with Gasteiger partial charge in [-0.2, -0.15) is 0 Å². The van der Waals surface area contributed by atoms with Crippen LogP contribution in [-0.2, 0) is 19.6 Å². The number of ether oxygens (including phenoxy) is 1. The lowest BCUT2D eigenvalue weighted by molar-refractivity contribution is 0.0192. The van der Waals surface area contributed by atoms with Gasteiger partial charge in [0.25, 0.3) is 0 Å². The van der Waals surface area contributed by atoms with Gasteiger partial charge in [-0.1, -0.05) is 24.3 Å². The van der Waals surface area contributed by atoms with Crippen LogP contribution < -0.4 is 5.46 Å². The molecular weight excluding hydrogens is 227 g/mol. The minimum atomic E-state index is -0.269. The van der Waals surface area contributed by atoms with Crippen LogP contribution in [0.1, 0.15) is 33.3 Å². The van der Waals surface area contributed by atoms with Crippen LogP contribution in [0.25, 0.3) is 0 Å². The zero-order chi connectivity index (χ0) is 13.4. The Morgan fingerprint density at radius 1 is 1.22 bits per heavy atom. The highest BCUT2D eigenvalue weighted by molar-refractivity contribution is 6.61. The highest BCUT2D eigenvalue weighted by Gasteiger charge is 2.38. The Morgan fingerprint density at radius 3 is 2.28 bits per heavy atom. The third-order valence-electron chi connectivity index (χ3n) is 3.40. The fourth-order valence-corrected chi connectivity index (χ4v) is 1.96.